The van der Waals surface area contributed by atoms with E-state index in [1.807, 2.05) is 24.4 Å². The first-order chi connectivity index (χ1) is 23.2. The van der Waals surface area contributed by atoms with Crippen LogP contribution in [0.25, 0.3) is 5.69 Å². The summed E-state index contributed by atoms with van der Waals surface area (Å²) in [6.07, 6.45) is 6.98. The van der Waals surface area contributed by atoms with Crippen molar-refractivity contribution >= 4 is 29.0 Å². The molecule has 4 aromatic heterocycles. The zero-order valence-corrected chi connectivity index (χ0v) is 27.6. The summed E-state index contributed by atoms with van der Waals surface area (Å²) in [5.41, 5.74) is 5.72. The normalized spacial score (nSPS) is 20.7. The number of hydrogen-bond acceptors (Lipinski definition) is 10. The van der Waals surface area contributed by atoms with Gasteiger partial charge in [-0.15, -0.1) is 5.10 Å². The second-order valence-electron chi connectivity index (χ2n) is 14.1. The summed E-state index contributed by atoms with van der Waals surface area (Å²) in [5, 5.41) is 28.4. The number of ether oxygens (including phenoxy) is 1. The maximum absolute atomic E-state index is 13.8. The van der Waals surface area contributed by atoms with E-state index in [2.05, 4.69) is 61.6 Å². The van der Waals surface area contributed by atoms with Crippen LogP contribution in [0.15, 0.2) is 42.9 Å². The number of anilines is 4. The van der Waals surface area contributed by atoms with E-state index in [9.17, 15) is 15.2 Å². The van der Waals surface area contributed by atoms with Crippen LogP contribution in [-0.4, -0.2) is 91.7 Å². The van der Waals surface area contributed by atoms with Crippen LogP contribution in [0.1, 0.15) is 53.6 Å². The molecule has 0 radical (unpaired) electrons. The maximum atomic E-state index is 13.8. The van der Waals surface area contributed by atoms with Crippen molar-refractivity contribution < 1.29 is 14.6 Å². The van der Waals surface area contributed by atoms with Crippen molar-refractivity contribution in [3.63, 3.8) is 0 Å². The summed E-state index contributed by atoms with van der Waals surface area (Å²) >= 11 is 0. The molecule has 4 aromatic rings. The Balaban J connectivity index is 1.01. The Morgan fingerprint density at radius 3 is 2.69 bits per heavy atom. The van der Waals surface area contributed by atoms with Gasteiger partial charge in [-0.1, -0.05) is 13.8 Å². The Morgan fingerprint density at radius 2 is 1.98 bits per heavy atom. The van der Waals surface area contributed by atoms with E-state index in [4.69, 9.17) is 4.74 Å². The standard InChI is InChI=1S/C35H40N10O3/c1-22-17-41(26-20-48-21-26)8-9-42(22)25-4-5-31(38-16-25)39-32-24(15-36)18-45(40-32)28-6-7-37-33(27(28)19-46)44-11-10-43-29(34(44)47)12-23-13-35(2,3)14-30(23)43/h4-7,12,16,18,22,26,46H,8-11,13-14,17,19-21H2,1-3H3,(H,38,39,40). The fourth-order valence-corrected chi connectivity index (χ4v) is 7.74. The summed E-state index contributed by atoms with van der Waals surface area (Å²) < 4.78 is 9.09. The van der Waals surface area contributed by atoms with Crippen LogP contribution in [-0.2, 0) is 30.7 Å². The van der Waals surface area contributed by atoms with Crippen LogP contribution in [0.4, 0.5) is 23.1 Å². The summed E-state index contributed by atoms with van der Waals surface area (Å²) in [5.74, 6) is 1.17. The number of amides is 1. The maximum Gasteiger partial charge on any atom is 0.276 e. The number of rotatable bonds is 7. The molecule has 1 atom stereocenters. The van der Waals surface area contributed by atoms with Gasteiger partial charge >= 0.3 is 0 Å². The van der Waals surface area contributed by atoms with Crippen molar-refractivity contribution in [3.05, 3.63) is 70.9 Å². The molecule has 1 unspecified atom stereocenters. The van der Waals surface area contributed by atoms with E-state index in [1.165, 1.54) is 11.3 Å². The molecule has 8 rings (SSSR count). The van der Waals surface area contributed by atoms with Crippen molar-refractivity contribution in [2.24, 2.45) is 5.41 Å². The highest BCUT2D eigenvalue weighted by Gasteiger charge is 2.38. The van der Waals surface area contributed by atoms with Gasteiger partial charge in [-0.3, -0.25) is 14.6 Å². The number of carbonyl (C=O) groups is 1. The molecule has 4 aliphatic rings. The van der Waals surface area contributed by atoms with Crippen molar-refractivity contribution in [3.8, 4) is 11.8 Å². The zero-order chi connectivity index (χ0) is 33.2. The van der Waals surface area contributed by atoms with Gasteiger partial charge in [0.15, 0.2) is 5.82 Å². The third-order valence-electron chi connectivity index (χ3n) is 10.3. The molecular formula is C35H40N10O3. The molecule has 2 fully saturated rings. The molecule has 0 spiro atoms. The van der Waals surface area contributed by atoms with Crippen LogP contribution in [0.3, 0.4) is 0 Å². The van der Waals surface area contributed by atoms with Gasteiger partial charge in [-0.05, 0) is 55.0 Å². The summed E-state index contributed by atoms with van der Waals surface area (Å²) in [6.45, 7) is 12.1. The Labute approximate surface area is 279 Å². The summed E-state index contributed by atoms with van der Waals surface area (Å²) in [7, 11) is 0. The lowest BCUT2D eigenvalue weighted by Gasteiger charge is -2.46. The van der Waals surface area contributed by atoms with E-state index < -0.39 is 0 Å². The van der Waals surface area contributed by atoms with E-state index in [-0.39, 0.29) is 17.9 Å². The minimum Gasteiger partial charge on any atom is -0.391 e. The molecule has 0 bridgehead atoms. The van der Waals surface area contributed by atoms with Gasteiger partial charge < -0.3 is 24.6 Å². The second-order valence-corrected chi connectivity index (χ2v) is 14.1. The lowest BCUT2D eigenvalue weighted by atomic mass is 9.90. The molecule has 13 heteroatoms. The van der Waals surface area contributed by atoms with E-state index in [0.29, 0.717) is 65.1 Å². The molecule has 1 aliphatic carbocycles. The van der Waals surface area contributed by atoms with Gasteiger partial charge in [-0.25, -0.2) is 14.6 Å². The number of aliphatic hydroxyl groups is 1. The van der Waals surface area contributed by atoms with Crippen molar-refractivity contribution in [2.75, 3.05) is 54.5 Å². The van der Waals surface area contributed by atoms with Crippen molar-refractivity contribution in [2.45, 2.75) is 58.8 Å². The Bertz CT molecular complexity index is 1920. The summed E-state index contributed by atoms with van der Waals surface area (Å²) in [4.78, 5) is 29.5. The second kappa shape index (κ2) is 11.7. The lowest BCUT2D eigenvalue weighted by molar-refractivity contribution is -0.0691. The van der Waals surface area contributed by atoms with Crippen LogP contribution < -0.4 is 15.1 Å². The van der Waals surface area contributed by atoms with Crippen LogP contribution in [0.2, 0.25) is 0 Å². The molecule has 248 valence electrons. The van der Waals surface area contributed by atoms with Gasteiger partial charge in [0, 0.05) is 56.2 Å². The number of aliphatic hydroxyl groups excluding tert-OH is 1. The summed E-state index contributed by atoms with van der Waals surface area (Å²) in [6, 6.07) is 10.8. The topological polar surface area (TPSA) is 141 Å². The number of nitrogens with zero attached hydrogens (tertiary/aromatic N) is 9. The number of pyridine rings is 2. The van der Waals surface area contributed by atoms with Gasteiger partial charge in [0.25, 0.3) is 5.91 Å². The van der Waals surface area contributed by atoms with Crippen molar-refractivity contribution in [1.82, 2.24) is 29.2 Å². The molecule has 13 nitrogen and oxygen atoms in total. The van der Waals surface area contributed by atoms with Gasteiger partial charge in [0.05, 0.1) is 49.6 Å². The van der Waals surface area contributed by atoms with E-state index in [1.54, 1.807) is 28.0 Å². The molecule has 48 heavy (non-hydrogen) atoms. The fraction of sp³-hybridized carbons (Fsp3) is 0.457. The Kier molecular flexibility index (Phi) is 7.47. The monoisotopic (exact) mass is 648 g/mol. The molecule has 0 saturated carbocycles. The highest BCUT2D eigenvalue weighted by molar-refractivity contribution is 6.06. The average Bonchev–Trinajstić information content (AvgIpc) is 3.70. The molecule has 0 aromatic carbocycles. The average molecular weight is 649 g/mol. The smallest absolute Gasteiger partial charge is 0.276 e. The fourth-order valence-electron chi connectivity index (χ4n) is 7.74. The van der Waals surface area contributed by atoms with E-state index >= 15 is 0 Å². The van der Waals surface area contributed by atoms with Crippen LogP contribution in [0.5, 0.6) is 0 Å². The number of hydrogen-bond donors (Lipinski definition) is 2. The number of piperazine rings is 1. The third kappa shape index (κ3) is 5.20. The molecule has 2 N–H and O–H groups in total. The first-order valence-corrected chi connectivity index (χ1v) is 16.7. The van der Waals surface area contributed by atoms with Gasteiger partial charge in [-0.2, -0.15) is 5.26 Å². The zero-order valence-electron chi connectivity index (χ0n) is 27.6. The molecule has 7 heterocycles. The van der Waals surface area contributed by atoms with E-state index in [0.717, 1.165) is 51.4 Å². The first kappa shape index (κ1) is 30.6. The largest absolute Gasteiger partial charge is 0.391 e. The van der Waals surface area contributed by atoms with Crippen LogP contribution >= 0.6 is 0 Å². The Morgan fingerprint density at radius 1 is 1.12 bits per heavy atom. The molecular weight excluding hydrogens is 608 g/mol. The van der Waals surface area contributed by atoms with Gasteiger partial charge in [0.1, 0.15) is 29.0 Å². The number of carbonyl (C=O) groups excluding carboxylic acids is 1. The minimum absolute atomic E-state index is 0.132. The number of nitrogens with one attached hydrogen (secondary N) is 1. The predicted octanol–water partition coefficient (Wildman–Crippen LogP) is 3.27. The molecule has 3 aliphatic heterocycles. The highest BCUT2D eigenvalue weighted by Crippen LogP contribution is 2.40. The predicted molar refractivity (Wildman–Crippen MR) is 180 cm³/mol. The van der Waals surface area contributed by atoms with Crippen molar-refractivity contribution in [1.29, 1.82) is 5.26 Å². The SMILES string of the molecule is CC1CN(C2COC2)CCN1c1ccc(Nc2nn(-c3ccnc(N4CCn5c(cc6c5CC(C)(C)C6)C4=O)c3CO)cc2C#N)nc1. The number of aromatic nitrogens is 5. The quantitative estimate of drug-likeness (QED) is 0.307. The van der Waals surface area contributed by atoms with Gasteiger partial charge in [0.2, 0.25) is 0 Å². The molecule has 1 amide bonds. The number of nitriles is 1. The Hall–Kier alpha value is -4.77. The molecule has 2 saturated heterocycles. The first-order valence-electron chi connectivity index (χ1n) is 16.7. The van der Waals surface area contributed by atoms with Crippen LogP contribution in [0, 0.1) is 16.7 Å². The number of fused-ring (bicyclic) bond motifs is 3. The minimum atomic E-state index is -0.359. The lowest BCUT2D eigenvalue weighted by Crippen LogP contribution is -2.59. The highest BCUT2D eigenvalue weighted by atomic mass is 16.5. The third-order valence-corrected chi connectivity index (χ3v) is 10.3.